The van der Waals surface area contributed by atoms with Crippen LogP contribution in [-0.4, -0.2) is 43.5 Å². The molecule has 0 bridgehead atoms. The van der Waals surface area contributed by atoms with E-state index in [-0.39, 0.29) is 12.2 Å². The number of hydrogen-bond acceptors (Lipinski definition) is 4. The van der Waals surface area contributed by atoms with Gasteiger partial charge in [0.2, 0.25) is 0 Å². The van der Waals surface area contributed by atoms with Crippen molar-refractivity contribution in [1.29, 1.82) is 0 Å². The first-order chi connectivity index (χ1) is 9.44. The Hall–Kier alpha value is -1.31. The zero-order valence-electron chi connectivity index (χ0n) is 10.6. The molecular weight excluding hydrogens is 277 g/mol. The number of alkyl halides is 3. The highest BCUT2D eigenvalue weighted by atomic mass is 19.4. The molecule has 1 aliphatic heterocycles. The second kappa shape index (κ2) is 6.43. The van der Waals surface area contributed by atoms with Gasteiger partial charge in [-0.05, 0) is 17.7 Å². The van der Waals surface area contributed by atoms with Crippen molar-refractivity contribution in [2.45, 2.75) is 25.0 Å². The van der Waals surface area contributed by atoms with Gasteiger partial charge in [0.15, 0.2) is 0 Å². The summed E-state index contributed by atoms with van der Waals surface area (Å²) >= 11 is 0. The first-order valence-corrected chi connectivity index (χ1v) is 6.16. The Bertz CT molecular complexity index is 413. The molecule has 0 saturated carbocycles. The van der Waals surface area contributed by atoms with Crippen molar-refractivity contribution in [3.05, 3.63) is 29.8 Å². The van der Waals surface area contributed by atoms with E-state index in [2.05, 4.69) is 4.74 Å². The Morgan fingerprint density at radius 1 is 1.25 bits per heavy atom. The molecule has 1 aromatic rings. The number of halogens is 3. The largest absolute Gasteiger partial charge is 0.573 e. The number of ether oxygens (including phenoxy) is 3. The average molecular weight is 292 g/mol. The van der Waals surface area contributed by atoms with Crippen molar-refractivity contribution < 1.29 is 32.5 Å². The predicted molar refractivity (Wildman–Crippen MR) is 63.4 cm³/mol. The Labute approximate surface area is 114 Å². The van der Waals surface area contributed by atoms with Gasteiger partial charge in [-0.1, -0.05) is 12.1 Å². The van der Waals surface area contributed by atoms with Crippen molar-refractivity contribution in [3.8, 4) is 5.75 Å². The maximum atomic E-state index is 12.0. The molecule has 0 radical (unpaired) electrons. The molecule has 0 aromatic heterocycles. The molecule has 1 saturated heterocycles. The van der Waals surface area contributed by atoms with Crippen LogP contribution in [0.5, 0.6) is 5.75 Å². The van der Waals surface area contributed by atoms with E-state index >= 15 is 0 Å². The number of hydrogen-bond donors (Lipinski definition) is 1. The molecule has 2 atom stereocenters. The SMILES string of the molecule is OC(Cc1ccc(OC(F)(F)F)cc1)C1COCCO1. The van der Waals surface area contributed by atoms with E-state index in [1.165, 1.54) is 24.3 Å². The molecule has 1 heterocycles. The van der Waals surface area contributed by atoms with Gasteiger partial charge in [-0.2, -0.15) is 0 Å². The van der Waals surface area contributed by atoms with Gasteiger partial charge in [-0.25, -0.2) is 0 Å². The van der Waals surface area contributed by atoms with E-state index in [4.69, 9.17) is 9.47 Å². The standard InChI is InChI=1S/C13H15F3O4/c14-13(15,16)20-10-3-1-9(2-4-10)7-11(17)12-8-18-5-6-19-12/h1-4,11-12,17H,5-8H2. The predicted octanol–water partition coefficient (Wildman–Crippen LogP) is 1.90. The van der Waals surface area contributed by atoms with Crippen LogP contribution in [-0.2, 0) is 15.9 Å². The molecular formula is C13H15F3O4. The first-order valence-electron chi connectivity index (χ1n) is 6.16. The molecule has 4 nitrogen and oxygen atoms in total. The second-order valence-electron chi connectivity index (χ2n) is 4.45. The maximum Gasteiger partial charge on any atom is 0.573 e. The molecule has 1 fully saturated rings. The van der Waals surface area contributed by atoms with E-state index < -0.39 is 18.6 Å². The van der Waals surface area contributed by atoms with Crippen LogP contribution in [0.4, 0.5) is 13.2 Å². The Morgan fingerprint density at radius 2 is 1.95 bits per heavy atom. The third kappa shape index (κ3) is 4.66. The van der Waals surface area contributed by atoms with E-state index in [1.54, 1.807) is 0 Å². The highest BCUT2D eigenvalue weighted by molar-refractivity contribution is 5.27. The van der Waals surface area contributed by atoms with Crippen LogP contribution < -0.4 is 4.74 Å². The molecule has 20 heavy (non-hydrogen) atoms. The monoisotopic (exact) mass is 292 g/mol. The molecule has 2 rings (SSSR count). The quantitative estimate of drug-likeness (QED) is 0.921. The Balaban J connectivity index is 1.89. The average Bonchev–Trinajstić information content (AvgIpc) is 2.40. The van der Waals surface area contributed by atoms with Crippen molar-refractivity contribution in [1.82, 2.24) is 0 Å². The number of aliphatic hydroxyl groups is 1. The van der Waals surface area contributed by atoms with Crippen LogP contribution in [0.25, 0.3) is 0 Å². The summed E-state index contributed by atoms with van der Waals surface area (Å²) in [5.41, 5.74) is 0.696. The van der Waals surface area contributed by atoms with Crippen molar-refractivity contribution in [2.75, 3.05) is 19.8 Å². The van der Waals surface area contributed by atoms with Gasteiger partial charge >= 0.3 is 6.36 Å². The fourth-order valence-corrected chi connectivity index (χ4v) is 1.93. The normalized spacial score (nSPS) is 21.5. The zero-order valence-corrected chi connectivity index (χ0v) is 10.6. The molecule has 1 N–H and O–H groups in total. The van der Waals surface area contributed by atoms with E-state index in [0.717, 1.165) is 0 Å². The highest BCUT2D eigenvalue weighted by Crippen LogP contribution is 2.23. The van der Waals surface area contributed by atoms with E-state index in [9.17, 15) is 18.3 Å². The zero-order chi connectivity index (χ0) is 14.6. The van der Waals surface area contributed by atoms with Gasteiger partial charge < -0.3 is 19.3 Å². The highest BCUT2D eigenvalue weighted by Gasteiger charge is 2.31. The van der Waals surface area contributed by atoms with Crippen LogP contribution in [0.3, 0.4) is 0 Å². The molecule has 0 spiro atoms. The molecule has 0 amide bonds. The van der Waals surface area contributed by atoms with Gasteiger partial charge in [0.25, 0.3) is 0 Å². The van der Waals surface area contributed by atoms with Crippen LogP contribution in [0, 0.1) is 0 Å². The fourth-order valence-electron chi connectivity index (χ4n) is 1.93. The molecule has 112 valence electrons. The summed E-state index contributed by atoms with van der Waals surface area (Å²) in [5.74, 6) is -0.284. The summed E-state index contributed by atoms with van der Waals surface area (Å²) in [4.78, 5) is 0. The summed E-state index contributed by atoms with van der Waals surface area (Å²) in [6.07, 6.45) is -5.59. The summed E-state index contributed by atoms with van der Waals surface area (Å²) in [6, 6.07) is 5.39. The Morgan fingerprint density at radius 3 is 2.50 bits per heavy atom. The summed E-state index contributed by atoms with van der Waals surface area (Å²) in [5, 5.41) is 9.97. The van der Waals surface area contributed by atoms with Gasteiger partial charge in [0.05, 0.1) is 25.9 Å². The lowest BCUT2D eigenvalue weighted by atomic mass is 10.0. The van der Waals surface area contributed by atoms with E-state index in [0.29, 0.717) is 25.4 Å². The van der Waals surface area contributed by atoms with Gasteiger partial charge in [0.1, 0.15) is 11.9 Å². The first kappa shape index (κ1) is 15.1. The minimum Gasteiger partial charge on any atom is -0.406 e. The van der Waals surface area contributed by atoms with Crippen molar-refractivity contribution in [2.24, 2.45) is 0 Å². The minimum atomic E-state index is -4.70. The second-order valence-corrected chi connectivity index (χ2v) is 4.45. The topological polar surface area (TPSA) is 47.9 Å². The third-order valence-corrected chi connectivity index (χ3v) is 2.87. The minimum absolute atomic E-state index is 0.278. The maximum absolute atomic E-state index is 12.0. The Kier molecular flexibility index (Phi) is 4.85. The van der Waals surface area contributed by atoms with Gasteiger partial charge in [-0.15, -0.1) is 13.2 Å². The third-order valence-electron chi connectivity index (χ3n) is 2.87. The summed E-state index contributed by atoms with van der Waals surface area (Å²) < 4.78 is 50.3. The van der Waals surface area contributed by atoms with Gasteiger partial charge in [-0.3, -0.25) is 0 Å². The number of benzene rings is 1. The lowest BCUT2D eigenvalue weighted by molar-refractivity contribution is -0.274. The van der Waals surface area contributed by atoms with Crippen molar-refractivity contribution >= 4 is 0 Å². The molecule has 7 heteroatoms. The lowest BCUT2D eigenvalue weighted by Crippen LogP contribution is -2.39. The van der Waals surface area contributed by atoms with Crippen LogP contribution in [0.1, 0.15) is 5.56 Å². The lowest BCUT2D eigenvalue weighted by Gasteiger charge is -2.27. The molecule has 1 aromatic carbocycles. The molecule has 2 unspecified atom stereocenters. The summed E-state index contributed by atoms with van der Waals surface area (Å²) in [6.45, 7) is 1.25. The van der Waals surface area contributed by atoms with Gasteiger partial charge in [0, 0.05) is 6.42 Å². The van der Waals surface area contributed by atoms with Crippen LogP contribution in [0.2, 0.25) is 0 Å². The fraction of sp³-hybridized carbons (Fsp3) is 0.538. The van der Waals surface area contributed by atoms with Crippen LogP contribution in [0.15, 0.2) is 24.3 Å². The van der Waals surface area contributed by atoms with Crippen LogP contribution >= 0.6 is 0 Å². The number of rotatable bonds is 4. The smallest absolute Gasteiger partial charge is 0.406 e. The number of aliphatic hydroxyl groups excluding tert-OH is 1. The molecule has 0 aliphatic carbocycles. The van der Waals surface area contributed by atoms with Crippen molar-refractivity contribution in [3.63, 3.8) is 0 Å². The molecule has 1 aliphatic rings. The summed E-state index contributed by atoms with van der Waals surface area (Å²) in [7, 11) is 0. The van der Waals surface area contributed by atoms with E-state index in [1.807, 2.05) is 0 Å².